The average molecular weight is 476 g/mol. The molecule has 7 heteroatoms. The van der Waals surface area contributed by atoms with E-state index in [0.29, 0.717) is 0 Å². The van der Waals surface area contributed by atoms with Crippen LogP contribution >= 0.6 is 59.1 Å². The van der Waals surface area contributed by atoms with E-state index < -0.39 is 17.7 Å². The van der Waals surface area contributed by atoms with Crippen molar-refractivity contribution in [3.8, 4) is 0 Å². The van der Waals surface area contributed by atoms with Crippen molar-refractivity contribution in [1.82, 2.24) is 5.32 Å². The van der Waals surface area contributed by atoms with E-state index in [1.54, 1.807) is 7.05 Å². The molecule has 0 saturated heterocycles. The van der Waals surface area contributed by atoms with Crippen LogP contribution in [0.25, 0.3) is 0 Å². The lowest BCUT2D eigenvalue weighted by Crippen LogP contribution is -2.18. The summed E-state index contributed by atoms with van der Waals surface area (Å²) in [5.74, 6) is -0.931. The van der Waals surface area contributed by atoms with Gasteiger partial charge in [0.1, 0.15) is 11.6 Å². The molecule has 2 aromatic rings. The molecule has 1 aromatic carbocycles. The predicted octanol–water partition coefficient (Wildman–Crippen LogP) is 5.62. The Kier molecular flexibility index (Phi) is 5.16. The first-order valence-electron chi connectivity index (χ1n) is 5.20. The van der Waals surface area contributed by atoms with E-state index in [2.05, 4.69) is 53.1 Å². The summed E-state index contributed by atoms with van der Waals surface area (Å²) < 4.78 is 29.5. The van der Waals surface area contributed by atoms with Crippen molar-refractivity contribution in [2.75, 3.05) is 7.05 Å². The monoisotopic (exact) mass is 473 g/mol. The number of rotatable bonds is 3. The lowest BCUT2D eigenvalue weighted by molar-refractivity contribution is 0.557. The smallest absolute Gasteiger partial charge is 0.137 e. The fourth-order valence-corrected chi connectivity index (χ4v) is 4.25. The van der Waals surface area contributed by atoms with E-state index >= 15 is 0 Å². The van der Waals surface area contributed by atoms with Crippen molar-refractivity contribution in [3.05, 3.63) is 53.0 Å². The molecule has 2 rings (SSSR count). The Morgan fingerprint density at radius 3 is 2.26 bits per heavy atom. The highest BCUT2D eigenvalue weighted by Crippen LogP contribution is 2.38. The Morgan fingerprint density at radius 1 is 1.05 bits per heavy atom. The third-order valence-corrected chi connectivity index (χ3v) is 6.52. The fourth-order valence-electron chi connectivity index (χ4n) is 1.72. The van der Waals surface area contributed by atoms with Gasteiger partial charge in [-0.05, 0) is 73.0 Å². The molecule has 1 aromatic heterocycles. The topological polar surface area (TPSA) is 12.0 Å². The van der Waals surface area contributed by atoms with Gasteiger partial charge >= 0.3 is 0 Å². The van der Waals surface area contributed by atoms with Gasteiger partial charge in [0.25, 0.3) is 0 Å². The quantitative estimate of drug-likeness (QED) is 0.568. The summed E-state index contributed by atoms with van der Waals surface area (Å²) in [6.07, 6.45) is 0. The maximum absolute atomic E-state index is 14.0. The minimum atomic E-state index is -0.480. The highest BCUT2D eigenvalue weighted by Gasteiger charge is 2.21. The number of halogens is 5. The number of nitrogens with one attached hydrogen (secondary N) is 1. The summed E-state index contributed by atoms with van der Waals surface area (Å²) in [6, 6.07) is 3.85. The molecule has 0 spiro atoms. The molecule has 1 atom stereocenters. The summed E-state index contributed by atoms with van der Waals surface area (Å²) in [5, 5.41) is 3.01. The third-order valence-electron chi connectivity index (χ3n) is 2.59. The van der Waals surface area contributed by atoms with Gasteiger partial charge in [0.2, 0.25) is 0 Å². The zero-order valence-electron chi connectivity index (χ0n) is 9.61. The zero-order chi connectivity index (χ0) is 14.2. The van der Waals surface area contributed by atoms with Gasteiger partial charge in [-0.1, -0.05) is 0 Å². The maximum atomic E-state index is 14.0. The Labute approximate surface area is 138 Å². The first-order valence-corrected chi connectivity index (χ1v) is 8.40. The first kappa shape index (κ1) is 15.6. The summed E-state index contributed by atoms with van der Waals surface area (Å²) in [7, 11) is 1.71. The second kappa shape index (κ2) is 6.30. The van der Waals surface area contributed by atoms with Crippen molar-refractivity contribution in [1.29, 1.82) is 0 Å². The van der Waals surface area contributed by atoms with E-state index in [0.717, 1.165) is 19.2 Å². The molecule has 102 valence electrons. The molecule has 19 heavy (non-hydrogen) atoms. The second-order valence-corrected chi connectivity index (χ2v) is 7.89. The molecule has 0 saturated carbocycles. The van der Waals surface area contributed by atoms with E-state index in [1.165, 1.54) is 17.4 Å². The van der Waals surface area contributed by atoms with Crippen LogP contribution in [-0.2, 0) is 0 Å². The molecule has 1 N–H and O–H groups in total. The van der Waals surface area contributed by atoms with E-state index in [1.807, 2.05) is 6.07 Å². The van der Waals surface area contributed by atoms with Gasteiger partial charge in [-0.25, -0.2) is 8.78 Å². The number of hydrogen-bond donors (Lipinski definition) is 1. The highest BCUT2D eigenvalue weighted by atomic mass is 79.9. The van der Waals surface area contributed by atoms with Crippen molar-refractivity contribution < 1.29 is 8.78 Å². The number of thiophene rings is 1. The predicted molar refractivity (Wildman–Crippen MR) is 84.7 cm³/mol. The van der Waals surface area contributed by atoms with Crippen LogP contribution < -0.4 is 5.32 Å². The first-order chi connectivity index (χ1) is 8.93. The Balaban J connectivity index is 2.50. The Hall–Kier alpha value is 0.180. The summed E-state index contributed by atoms with van der Waals surface area (Å²) in [4.78, 5) is 0.891. The van der Waals surface area contributed by atoms with Crippen molar-refractivity contribution in [2.24, 2.45) is 0 Å². The molecule has 0 bridgehead atoms. The molecule has 0 fully saturated rings. The van der Waals surface area contributed by atoms with Crippen molar-refractivity contribution in [2.45, 2.75) is 6.04 Å². The van der Waals surface area contributed by atoms with Crippen LogP contribution in [-0.4, -0.2) is 7.05 Å². The third kappa shape index (κ3) is 3.26. The minimum Gasteiger partial charge on any atom is -0.309 e. The van der Waals surface area contributed by atoms with Crippen molar-refractivity contribution in [3.63, 3.8) is 0 Å². The summed E-state index contributed by atoms with van der Waals surface area (Å²) in [6.45, 7) is 0. The fraction of sp³-hybridized carbons (Fsp3) is 0.167. The van der Waals surface area contributed by atoms with E-state index in [9.17, 15) is 8.78 Å². The lowest BCUT2D eigenvalue weighted by atomic mass is 10.0. The standard InChI is InChI=1S/C12H8Br3F2NS/c1-18-11(10-4-7(14)12(15)19-10)5-2-9(17)6(13)3-8(5)16/h2-4,11,18H,1H3. The summed E-state index contributed by atoms with van der Waals surface area (Å²) >= 11 is 11.2. The zero-order valence-corrected chi connectivity index (χ0v) is 15.2. The molecule has 0 radical (unpaired) electrons. The van der Waals surface area contributed by atoms with Gasteiger partial charge in [-0.2, -0.15) is 0 Å². The van der Waals surface area contributed by atoms with Gasteiger partial charge in [0.05, 0.1) is 14.3 Å². The molecular formula is C12H8Br3F2NS. The number of hydrogen-bond acceptors (Lipinski definition) is 2. The molecule has 1 unspecified atom stereocenters. The Bertz CT molecular complexity index is 596. The van der Waals surface area contributed by atoms with Crippen LogP contribution in [0.15, 0.2) is 30.9 Å². The van der Waals surface area contributed by atoms with Crippen LogP contribution in [0.2, 0.25) is 0 Å². The highest BCUT2D eigenvalue weighted by molar-refractivity contribution is 9.13. The maximum Gasteiger partial charge on any atom is 0.137 e. The van der Waals surface area contributed by atoms with E-state index in [-0.39, 0.29) is 10.0 Å². The van der Waals surface area contributed by atoms with Crippen LogP contribution in [0.3, 0.4) is 0 Å². The SMILES string of the molecule is CNC(c1cc(Br)c(Br)s1)c1cc(F)c(Br)cc1F. The lowest BCUT2D eigenvalue weighted by Gasteiger charge is -2.16. The molecule has 0 amide bonds. The molecule has 1 nitrogen and oxygen atoms in total. The van der Waals surface area contributed by atoms with Crippen LogP contribution in [0.5, 0.6) is 0 Å². The van der Waals surface area contributed by atoms with Gasteiger partial charge in [0, 0.05) is 14.9 Å². The van der Waals surface area contributed by atoms with E-state index in [4.69, 9.17) is 0 Å². The molecule has 0 aliphatic carbocycles. The van der Waals surface area contributed by atoms with Crippen molar-refractivity contribution >= 4 is 59.1 Å². The molecule has 1 heterocycles. The van der Waals surface area contributed by atoms with Crippen LogP contribution in [0.1, 0.15) is 16.5 Å². The van der Waals surface area contributed by atoms with Gasteiger partial charge < -0.3 is 5.32 Å². The largest absolute Gasteiger partial charge is 0.309 e. The minimum absolute atomic E-state index is 0.122. The average Bonchev–Trinajstić information content (AvgIpc) is 2.67. The molecule has 0 aliphatic heterocycles. The van der Waals surface area contributed by atoms with Crippen LogP contribution in [0, 0.1) is 11.6 Å². The second-order valence-electron chi connectivity index (χ2n) is 3.78. The number of benzene rings is 1. The normalized spacial score (nSPS) is 12.7. The van der Waals surface area contributed by atoms with Gasteiger partial charge in [0.15, 0.2) is 0 Å². The van der Waals surface area contributed by atoms with Gasteiger partial charge in [-0.15, -0.1) is 11.3 Å². The summed E-state index contributed by atoms with van der Waals surface area (Å²) in [5.41, 5.74) is 0.282. The van der Waals surface area contributed by atoms with Crippen LogP contribution in [0.4, 0.5) is 8.78 Å². The van der Waals surface area contributed by atoms with Gasteiger partial charge in [-0.3, -0.25) is 0 Å². The molecular weight excluding hydrogens is 468 g/mol. The molecule has 0 aliphatic rings. The Morgan fingerprint density at radius 2 is 1.74 bits per heavy atom.